The fourth-order valence-electron chi connectivity index (χ4n) is 2.76. The second-order valence-electron chi connectivity index (χ2n) is 7.45. The second-order valence-corrected chi connectivity index (χ2v) is 7.45. The zero-order chi connectivity index (χ0) is 18.0. The van der Waals surface area contributed by atoms with E-state index in [9.17, 15) is 15.0 Å². The molecule has 0 radical (unpaired) electrons. The lowest BCUT2D eigenvalue weighted by Gasteiger charge is -2.32. The maximum Gasteiger partial charge on any atom is 0.220 e. The zero-order valence-electron chi connectivity index (χ0n) is 15.7. The van der Waals surface area contributed by atoms with E-state index in [0.29, 0.717) is 6.42 Å². The maximum atomic E-state index is 12.1. The third-order valence-corrected chi connectivity index (χ3v) is 2.99. The van der Waals surface area contributed by atoms with Crippen molar-refractivity contribution in [3.8, 4) is 0 Å². The summed E-state index contributed by atoms with van der Waals surface area (Å²) in [5.74, 6) is -0.137. The highest BCUT2D eigenvalue weighted by Crippen LogP contribution is 2.35. The van der Waals surface area contributed by atoms with E-state index in [1.165, 1.54) is 0 Å². The Balaban J connectivity index is 0. The first-order valence-electron chi connectivity index (χ1n) is 8.22. The first-order valence-corrected chi connectivity index (χ1v) is 8.22. The summed E-state index contributed by atoms with van der Waals surface area (Å²) in [5, 5.41) is 21.7. The minimum Gasteiger partial charge on any atom is -0.394 e. The van der Waals surface area contributed by atoms with Gasteiger partial charge in [0.25, 0.3) is 0 Å². The van der Waals surface area contributed by atoms with E-state index in [0.717, 1.165) is 6.42 Å². The number of nitrogens with one attached hydrogen (secondary N) is 1. The molecule has 0 aliphatic heterocycles. The molecule has 2 unspecified atom stereocenters. The molecule has 0 aromatic heterocycles. The number of amides is 1. The van der Waals surface area contributed by atoms with Crippen LogP contribution in [0, 0.1) is 10.8 Å². The Labute approximate surface area is 137 Å². The molecule has 0 fully saturated rings. The molecule has 4 nitrogen and oxygen atoms in total. The van der Waals surface area contributed by atoms with Gasteiger partial charge in [-0.2, -0.15) is 0 Å². The Morgan fingerprint density at radius 1 is 1.18 bits per heavy atom. The monoisotopic (exact) mass is 315 g/mol. The standard InChI is InChI=1S/C16H31NO3.C2H6/c1-7-8-13(19)12(10-18)17-14(20)9-16(5,6)11-15(2,3)4;1-2/h7-8,12-13,18-19H,9-11H2,1-6H3,(H,17,20);1-2H3/b8-7+;. The SMILES string of the molecule is C/C=C/C(O)C(CO)NC(=O)CC(C)(C)CC(C)(C)C.CC. The van der Waals surface area contributed by atoms with E-state index in [-0.39, 0.29) is 23.3 Å². The third-order valence-electron chi connectivity index (χ3n) is 2.99. The fourth-order valence-corrected chi connectivity index (χ4v) is 2.76. The number of carbonyl (C=O) groups is 1. The van der Waals surface area contributed by atoms with Crippen molar-refractivity contribution >= 4 is 5.91 Å². The highest BCUT2D eigenvalue weighted by Gasteiger charge is 2.29. The smallest absolute Gasteiger partial charge is 0.220 e. The number of rotatable bonds is 7. The summed E-state index contributed by atoms with van der Waals surface area (Å²) in [7, 11) is 0. The van der Waals surface area contributed by atoms with Crippen LogP contribution in [0.15, 0.2) is 12.2 Å². The number of aliphatic hydroxyl groups excluding tert-OH is 2. The van der Waals surface area contributed by atoms with Crippen molar-refractivity contribution in [2.24, 2.45) is 10.8 Å². The van der Waals surface area contributed by atoms with Gasteiger partial charge in [0.1, 0.15) is 0 Å². The van der Waals surface area contributed by atoms with Crippen LogP contribution in [0.25, 0.3) is 0 Å². The molecular weight excluding hydrogens is 278 g/mol. The van der Waals surface area contributed by atoms with Crippen molar-refractivity contribution in [3.63, 3.8) is 0 Å². The third kappa shape index (κ3) is 11.8. The Kier molecular flexibility index (Phi) is 11.5. The van der Waals surface area contributed by atoms with Gasteiger partial charge in [-0.05, 0) is 24.2 Å². The lowest BCUT2D eigenvalue weighted by atomic mass is 9.74. The van der Waals surface area contributed by atoms with Crippen LogP contribution in [0.3, 0.4) is 0 Å². The minimum absolute atomic E-state index is 0.117. The molecule has 0 bridgehead atoms. The summed E-state index contributed by atoms with van der Waals surface area (Å²) >= 11 is 0. The summed E-state index contributed by atoms with van der Waals surface area (Å²) in [6.45, 7) is 16.1. The summed E-state index contributed by atoms with van der Waals surface area (Å²) in [6, 6.07) is -0.649. The fraction of sp³-hybridized carbons (Fsp3) is 0.833. The first kappa shape index (κ1) is 23.4. The highest BCUT2D eigenvalue weighted by molar-refractivity contribution is 5.77. The van der Waals surface area contributed by atoms with E-state index in [4.69, 9.17) is 0 Å². The van der Waals surface area contributed by atoms with Gasteiger partial charge in [0.15, 0.2) is 0 Å². The van der Waals surface area contributed by atoms with Crippen molar-refractivity contribution in [3.05, 3.63) is 12.2 Å². The van der Waals surface area contributed by atoms with Crippen LogP contribution >= 0.6 is 0 Å². The summed E-state index contributed by atoms with van der Waals surface area (Å²) in [6.07, 6.45) is 3.70. The van der Waals surface area contributed by atoms with E-state index >= 15 is 0 Å². The molecule has 0 aliphatic carbocycles. The number of hydrogen-bond donors (Lipinski definition) is 3. The average Bonchev–Trinajstić information content (AvgIpc) is 2.34. The first-order chi connectivity index (χ1) is 10.0. The van der Waals surface area contributed by atoms with Gasteiger partial charge in [-0.3, -0.25) is 4.79 Å². The molecule has 132 valence electrons. The van der Waals surface area contributed by atoms with Crippen LogP contribution in [0.4, 0.5) is 0 Å². The lowest BCUT2D eigenvalue weighted by Crippen LogP contribution is -2.46. The van der Waals surface area contributed by atoms with E-state index in [1.807, 2.05) is 13.8 Å². The summed E-state index contributed by atoms with van der Waals surface area (Å²) in [4.78, 5) is 12.1. The molecule has 0 saturated carbocycles. The number of aliphatic hydroxyl groups is 2. The van der Waals surface area contributed by atoms with Crippen LogP contribution in [0.2, 0.25) is 0 Å². The molecule has 0 rings (SSSR count). The van der Waals surface area contributed by atoms with E-state index < -0.39 is 12.1 Å². The lowest BCUT2D eigenvalue weighted by molar-refractivity contribution is -0.125. The van der Waals surface area contributed by atoms with Crippen LogP contribution in [0.1, 0.15) is 68.2 Å². The molecule has 22 heavy (non-hydrogen) atoms. The largest absolute Gasteiger partial charge is 0.394 e. The predicted octanol–water partition coefficient (Wildman–Crippen LogP) is 3.28. The van der Waals surface area contributed by atoms with Crippen molar-refractivity contribution in [2.75, 3.05) is 6.61 Å². The highest BCUT2D eigenvalue weighted by atomic mass is 16.3. The van der Waals surface area contributed by atoms with Crippen LogP contribution in [0.5, 0.6) is 0 Å². The second kappa shape index (κ2) is 10.8. The Bertz CT molecular complexity index is 330. The molecule has 0 spiro atoms. The van der Waals surface area contributed by atoms with E-state index in [1.54, 1.807) is 19.1 Å². The van der Waals surface area contributed by atoms with Crippen LogP contribution in [-0.2, 0) is 4.79 Å². The molecule has 1 amide bonds. The molecule has 0 aromatic rings. The van der Waals surface area contributed by atoms with Gasteiger partial charge >= 0.3 is 0 Å². The Hall–Kier alpha value is -0.870. The molecule has 0 aliphatic rings. The van der Waals surface area contributed by atoms with Gasteiger partial charge in [0.05, 0.1) is 18.8 Å². The summed E-state index contributed by atoms with van der Waals surface area (Å²) < 4.78 is 0. The number of carbonyl (C=O) groups excluding carboxylic acids is 1. The molecule has 3 N–H and O–H groups in total. The molecule has 0 heterocycles. The van der Waals surface area contributed by atoms with Crippen molar-refractivity contribution in [1.82, 2.24) is 5.32 Å². The van der Waals surface area contributed by atoms with E-state index in [2.05, 4.69) is 39.9 Å². The Morgan fingerprint density at radius 2 is 1.68 bits per heavy atom. The minimum atomic E-state index is -0.861. The van der Waals surface area contributed by atoms with Crippen LogP contribution in [-0.4, -0.2) is 34.9 Å². The van der Waals surface area contributed by atoms with Gasteiger partial charge in [0.2, 0.25) is 5.91 Å². The van der Waals surface area contributed by atoms with Crippen molar-refractivity contribution in [1.29, 1.82) is 0 Å². The topological polar surface area (TPSA) is 69.6 Å². The normalized spacial score (nSPS) is 15.0. The molecular formula is C18H37NO3. The molecule has 4 heteroatoms. The maximum absolute atomic E-state index is 12.1. The van der Waals surface area contributed by atoms with Gasteiger partial charge in [-0.25, -0.2) is 0 Å². The van der Waals surface area contributed by atoms with Crippen molar-refractivity contribution < 1.29 is 15.0 Å². The number of hydrogen-bond acceptors (Lipinski definition) is 3. The van der Waals surface area contributed by atoms with Gasteiger partial charge < -0.3 is 15.5 Å². The average molecular weight is 315 g/mol. The quantitative estimate of drug-likeness (QED) is 0.631. The zero-order valence-corrected chi connectivity index (χ0v) is 15.7. The van der Waals surface area contributed by atoms with Gasteiger partial charge in [-0.1, -0.05) is 60.6 Å². The summed E-state index contributed by atoms with van der Waals surface area (Å²) in [5.41, 5.74) is 0.0402. The molecule has 0 saturated heterocycles. The van der Waals surface area contributed by atoms with Gasteiger partial charge in [0, 0.05) is 6.42 Å². The Morgan fingerprint density at radius 3 is 2.05 bits per heavy atom. The molecule has 0 aromatic carbocycles. The van der Waals surface area contributed by atoms with Gasteiger partial charge in [-0.15, -0.1) is 0 Å². The van der Waals surface area contributed by atoms with Crippen molar-refractivity contribution in [2.45, 2.75) is 80.4 Å². The van der Waals surface area contributed by atoms with Crippen LogP contribution < -0.4 is 5.32 Å². The number of allylic oxidation sites excluding steroid dienone is 1. The predicted molar refractivity (Wildman–Crippen MR) is 93.7 cm³/mol. The molecule has 2 atom stereocenters.